The molecule has 0 aliphatic carbocycles. The Bertz CT molecular complexity index is 574. The molecule has 19 heavy (non-hydrogen) atoms. The molecule has 0 bridgehead atoms. The van der Waals surface area contributed by atoms with E-state index in [9.17, 15) is 4.39 Å². The lowest BCUT2D eigenvalue weighted by Gasteiger charge is -2.15. The zero-order valence-electron chi connectivity index (χ0n) is 10.6. The highest BCUT2D eigenvalue weighted by molar-refractivity contribution is 9.10. The maximum absolute atomic E-state index is 13.8. The van der Waals surface area contributed by atoms with Gasteiger partial charge in [0.1, 0.15) is 5.75 Å². The van der Waals surface area contributed by atoms with Crippen molar-refractivity contribution in [1.29, 1.82) is 0 Å². The smallest absolute Gasteiger partial charge is 0.166 e. The van der Waals surface area contributed by atoms with Gasteiger partial charge < -0.3 is 10.5 Å². The first-order valence-electron chi connectivity index (χ1n) is 6.09. The van der Waals surface area contributed by atoms with Crippen molar-refractivity contribution in [2.75, 3.05) is 0 Å². The average Bonchev–Trinajstić information content (AvgIpc) is 2.41. The zero-order valence-corrected chi connectivity index (χ0v) is 12.2. The maximum atomic E-state index is 13.8. The van der Waals surface area contributed by atoms with Crippen LogP contribution in [0.5, 0.6) is 11.5 Å². The minimum Gasteiger partial charge on any atom is -0.454 e. The molecule has 2 aromatic rings. The first-order valence-corrected chi connectivity index (χ1v) is 6.88. The predicted molar refractivity (Wildman–Crippen MR) is 77.8 cm³/mol. The largest absolute Gasteiger partial charge is 0.454 e. The van der Waals surface area contributed by atoms with E-state index < -0.39 is 5.82 Å². The molecule has 1 atom stereocenters. The molecule has 0 aromatic heterocycles. The number of hydrogen-bond donors (Lipinski definition) is 1. The fourth-order valence-corrected chi connectivity index (χ4v) is 2.11. The number of rotatable bonds is 4. The second-order valence-electron chi connectivity index (χ2n) is 4.23. The molecule has 4 heteroatoms. The van der Waals surface area contributed by atoms with Crippen molar-refractivity contribution in [3.05, 3.63) is 58.3 Å². The van der Waals surface area contributed by atoms with Gasteiger partial charge in [0.15, 0.2) is 11.6 Å². The minimum atomic E-state index is -0.408. The van der Waals surface area contributed by atoms with Crippen LogP contribution >= 0.6 is 15.9 Å². The summed E-state index contributed by atoms with van der Waals surface area (Å²) < 4.78 is 20.1. The van der Waals surface area contributed by atoms with Gasteiger partial charge in [-0.15, -0.1) is 0 Å². The Morgan fingerprint density at radius 2 is 1.95 bits per heavy atom. The predicted octanol–water partition coefficient (Wildman–Crippen LogP) is 4.79. The van der Waals surface area contributed by atoms with E-state index in [4.69, 9.17) is 10.5 Å². The van der Waals surface area contributed by atoms with Crippen molar-refractivity contribution in [2.24, 2.45) is 5.73 Å². The lowest BCUT2D eigenvalue weighted by molar-refractivity contribution is 0.433. The molecular formula is C15H15BrFNO. The van der Waals surface area contributed by atoms with Crippen LogP contribution in [0.4, 0.5) is 4.39 Å². The van der Waals surface area contributed by atoms with E-state index in [2.05, 4.69) is 15.9 Å². The summed E-state index contributed by atoms with van der Waals surface area (Å²) in [6.07, 6.45) is 0.795. The SMILES string of the molecule is CC[C@H](N)c1ccccc1Oc1ccc(Br)cc1F. The number of para-hydroxylation sites is 1. The Balaban J connectivity index is 2.33. The Labute approximate surface area is 120 Å². The summed E-state index contributed by atoms with van der Waals surface area (Å²) in [5.41, 5.74) is 6.91. The quantitative estimate of drug-likeness (QED) is 0.877. The van der Waals surface area contributed by atoms with E-state index in [0.29, 0.717) is 10.2 Å². The highest BCUT2D eigenvalue weighted by Crippen LogP contribution is 2.32. The van der Waals surface area contributed by atoms with Crippen LogP contribution in [-0.4, -0.2) is 0 Å². The topological polar surface area (TPSA) is 35.2 Å². The van der Waals surface area contributed by atoms with Crippen LogP contribution in [0, 0.1) is 5.82 Å². The van der Waals surface area contributed by atoms with E-state index in [0.717, 1.165) is 12.0 Å². The third kappa shape index (κ3) is 3.33. The van der Waals surface area contributed by atoms with Crippen LogP contribution in [0.15, 0.2) is 46.9 Å². The molecule has 0 saturated carbocycles. The molecule has 0 spiro atoms. The molecule has 0 unspecified atom stereocenters. The van der Waals surface area contributed by atoms with Crippen molar-refractivity contribution in [2.45, 2.75) is 19.4 Å². The van der Waals surface area contributed by atoms with E-state index in [1.807, 2.05) is 25.1 Å². The standard InChI is InChI=1S/C15H15BrFNO/c1-2-13(18)11-5-3-4-6-14(11)19-15-8-7-10(16)9-12(15)17/h3-9,13H,2,18H2,1H3/t13-/m0/s1. The minimum absolute atomic E-state index is 0.116. The molecule has 100 valence electrons. The maximum Gasteiger partial charge on any atom is 0.166 e. The average molecular weight is 324 g/mol. The first kappa shape index (κ1) is 14.0. The number of benzene rings is 2. The Morgan fingerprint density at radius 3 is 2.63 bits per heavy atom. The number of nitrogens with two attached hydrogens (primary N) is 1. The van der Waals surface area contributed by atoms with Crippen LogP contribution in [0.1, 0.15) is 24.9 Å². The fraction of sp³-hybridized carbons (Fsp3) is 0.200. The molecule has 0 amide bonds. The second kappa shape index (κ2) is 6.17. The number of halogens is 2. The zero-order chi connectivity index (χ0) is 13.8. The Kier molecular flexibility index (Phi) is 4.56. The lowest BCUT2D eigenvalue weighted by Crippen LogP contribution is -2.09. The molecule has 2 rings (SSSR count). The summed E-state index contributed by atoms with van der Waals surface area (Å²) in [6.45, 7) is 2.00. The van der Waals surface area contributed by atoms with Crippen molar-refractivity contribution in [1.82, 2.24) is 0 Å². The third-order valence-corrected chi connectivity index (χ3v) is 3.37. The Morgan fingerprint density at radius 1 is 1.21 bits per heavy atom. The summed E-state index contributed by atoms with van der Waals surface area (Å²) >= 11 is 3.22. The van der Waals surface area contributed by atoms with Crippen LogP contribution in [0.2, 0.25) is 0 Å². The van der Waals surface area contributed by atoms with Gasteiger partial charge in [0.25, 0.3) is 0 Å². The normalized spacial score (nSPS) is 12.2. The van der Waals surface area contributed by atoms with Gasteiger partial charge in [0.05, 0.1) is 0 Å². The van der Waals surface area contributed by atoms with Crippen molar-refractivity contribution in [3.8, 4) is 11.5 Å². The number of ether oxygens (including phenoxy) is 1. The first-order chi connectivity index (χ1) is 9.11. The molecule has 0 fully saturated rings. The van der Waals surface area contributed by atoms with Crippen LogP contribution in [-0.2, 0) is 0 Å². The molecule has 0 saturated heterocycles. The van der Waals surface area contributed by atoms with E-state index in [1.165, 1.54) is 6.07 Å². The van der Waals surface area contributed by atoms with Gasteiger partial charge in [0.2, 0.25) is 0 Å². The van der Waals surface area contributed by atoms with Gasteiger partial charge in [-0.2, -0.15) is 0 Å². The summed E-state index contributed by atoms with van der Waals surface area (Å²) in [5.74, 6) is 0.381. The van der Waals surface area contributed by atoms with Crippen LogP contribution < -0.4 is 10.5 Å². The van der Waals surface area contributed by atoms with E-state index in [1.54, 1.807) is 18.2 Å². The summed E-state index contributed by atoms with van der Waals surface area (Å²) in [7, 11) is 0. The molecule has 0 radical (unpaired) electrons. The van der Waals surface area contributed by atoms with Gasteiger partial charge in [-0.1, -0.05) is 41.1 Å². The van der Waals surface area contributed by atoms with Crippen molar-refractivity contribution < 1.29 is 9.13 Å². The fourth-order valence-electron chi connectivity index (χ4n) is 1.78. The van der Waals surface area contributed by atoms with Gasteiger partial charge in [-0.3, -0.25) is 0 Å². The summed E-state index contributed by atoms with van der Waals surface area (Å²) in [5, 5.41) is 0. The van der Waals surface area contributed by atoms with Crippen molar-refractivity contribution in [3.63, 3.8) is 0 Å². The van der Waals surface area contributed by atoms with Crippen LogP contribution in [0.3, 0.4) is 0 Å². The monoisotopic (exact) mass is 323 g/mol. The van der Waals surface area contributed by atoms with E-state index in [-0.39, 0.29) is 11.8 Å². The Hall–Kier alpha value is -1.39. The molecule has 0 aliphatic heterocycles. The van der Waals surface area contributed by atoms with Gasteiger partial charge in [-0.25, -0.2) is 4.39 Å². The summed E-state index contributed by atoms with van der Waals surface area (Å²) in [6, 6.07) is 12.0. The van der Waals surface area contributed by atoms with Gasteiger partial charge in [0, 0.05) is 16.1 Å². The number of hydrogen-bond acceptors (Lipinski definition) is 2. The molecule has 0 heterocycles. The van der Waals surface area contributed by atoms with Crippen molar-refractivity contribution >= 4 is 15.9 Å². The molecule has 2 aromatic carbocycles. The van der Waals surface area contributed by atoms with Gasteiger partial charge >= 0.3 is 0 Å². The highest BCUT2D eigenvalue weighted by atomic mass is 79.9. The van der Waals surface area contributed by atoms with Gasteiger partial charge in [-0.05, 0) is 30.7 Å². The third-order valence-electron chi connectivity index (χ3n) is 2.87. The molecule has 0 aliphatic rings. The summed E-state index contributed by atoms with van der Waals surface area (Å²) in [4.78, 5) is 0. The molecular weight excluding hydrogens is 309 g/mol. The van der Waals surface area contributed by atoms with E-state index >= 15 is 0 Å². The van der Waals surface area contributed by atoms with Crippen LogP contribution in [0.25, 0.3) is 0 Å². The highest BCUT2D eigenvalue weighted by Gasteiger charge is 2.12. The molecule has 2 nitrogen and oxygen atoms in total. The molecule has 2 N–H and O–H groups in total. The second-order valence-corrected chi connectivity index (χ2v) is 5.15. The lowest BCUT2D eigenvalue weighted by atomic mass is 10.0.